The van der Waals surface area contributed by atoms with E-state index >= 15 is 0 Å². The van der Waals surface area contributed by atoms with Crippen LogP contribution < -0.4 is 5.32 Å². The minimum Gasteiger partial charge on any atom is -0.345 e. The van der Waals surface area contributed by atoms with E-state index in [0.29, 0.717) is 11.6 Å². The maximum Gasteiger partial charge on any atom is 0.272 e. The number of aromatic nitrogens is 1. The number of rotatable bonds is 4. The Hall–Kier alpha value is -1.55. The summed E-state index contributed by atoms with van der Waals surface area (Å²) in [6.07, 6.45) is 2.91. The minimum absolute atomic E-state index is 0.0889. The first kappa shape index (κ1) is 14.9. The second kappa shape index (κ2) is 6.27. The third-order valence-electron chi connectivity index (χ3n) is 3.56. The molecule has 0 aliphatic carbocycles. The van der Waals surface area contributed by atoms with E-state index in [9.17, 15) is 4.79 Å². The summed E-state index contributed by atoms with van der Waals surface area (Å²) in [6.45, 7) is 4.32. The molecule has 1 aromatic carbocycles. The predicted octanol–water partition coefficient (Wildman–Crippen LogP) is 4.55. The molecule has 1 amide bonds. The van der Waals surface area contributed by atoms with Gasteiger partial charge in [-0.15, -0.1) is 0 Å². The van der Waals surface area contributed by atoms with E-state index in [4.69, 9.17) is 0 Å². The van der Waals surface area contributed by atoms with Crippen LogP contribution in [0.25, 0.3) is 0 Å². The molecule has 2 aromatic rings. The Morgan fingerprint density at radius 3 is 2.70 bits per heavy atom. The standard InChI is InChI=1S/C16H19BrN2O/c1-4-11(2)13-7-5-6-8-14(13)18-16(20)15-9-12(17)10-19(15)3/h5-11H,4H2,1-3H3,(H,18,20). The average Bonchev–Trinajstić information content (AvgIpc) is 2.77. The van der Waals surface area contributed by atoms with Crippen molar-refractivity contribution in [2.24, 2.45) is 7.05 Å². The van der Waals surface area contributed by atoms with Crippen molar-refractivity contribution < 1.29 is 4.79 Å². The maximum absolute atomic E-state index is 12.4. The summed E-state index contributed by atoms with van der Waals surface area (Å²) in [6, 6.07) is 9.81. The van der Waals surface area contributed by atoms with Gasteiger partial charge in [-0.25, -0.2) is 0 Å². The van der Waals surface area contributed by atoms with E-state index in [2.05, 4.69) is 41.2 Å². The summed E-state index contributed by atoms with van der Waals surface area (Å²) in [5.41, 5.74) is 2.71. The molecule has 0 saturated carbocycles. The van der Waals surface area contributed by atoms with Crippen LogP contribution in [-0.2, 0) is 7.05 Å². The van der Waals surface area contributed by atoms with Crippen LogP contribution in [0.2, 0.25) is 0 Å². The largest absolute Gasteiger partial charge is 0.345 e. The second-order valence-corrected chi connectivity index (χ2v) is 5.92. The van der Waals surface area contributed by atoms with Crippen molar-refractivity contribution in [2.75, 3.05) is 5.32 Å². The highest BCUT2D eigenvalue weighted by Gasteiger charge is 2.14. The Morgan fingerprint density at radius 1 is 1.40 bits per heavy atom. The van der Waals surface area contributed by atoms with Crippen LogP contribution in [0.1, 0.15) is 42.2 Å². The van der Waals surface area contributed by atoms with Gasteiger partial charge in [-0.2, -0.15) is 0 Å². The number of halogens is 1. The number of hydrogen-bond acceptors (Lipinski definition) is 1. The molecule has 4 heteroatoms. The number of carbonyl (C=O) groups excluding carboxylic acids is 1. The number of anilines is 1. The van der Waals surface area contributed by atoms with Gasteiger partial charge >= 0.3 is 0 Å². The summed E-state index contributed by atoms with van der Waals surface area (Å²) >= 11 is 3.38. The molecule has 0 aliphatic heterocycles. The fraction of sp³-hybridized carbons (Fsp3) is 0.312. The molecular weight excluding hydrogens is 316 g/mol. The van der Waals surface area contributed by atoms with Gasteiger partial charge < -0.3 is 9.88 Å². The van der Waals surface area contributed by atoms with Crippen LogP contribution in [0, 0.1) is 0 Å². The van der Waals surface area contributed by atoms with Crippen LogP contribution in [0.3, 0.4) is 0 Å². The van der Waals surface area contributed by atoms with Gasteiger partial charge in [0.25, 0.3) is 5.91 Å². The van der Waals surface area contributed by atoms with Crippen LogP contribution in [0.5, 0.6) is 0 Å². The van der Waals surface area contributed by atoms with E-state index in [1.54, 1.807) is 0 Å². The molecule has 1 atom stereocenters. The van der Waals surface area contributed by atoms with Gasteiger partial charge in [0.1, 0.15) is 5.69 Å². The lowest BCUT2D eigenvalue weighted by molar-refractivity contribution is 0.101. The number of aryl methyl sites for hydroxylation is 1. The fourth-order valence-electron chi connectivity index (χ4n) is 2.20. The van der Waals surface area contributed by atoms with Gasteiger partial charge in [0.15, 0.2) is 0 Å². The topological polar surface area (TPSA) is 34.0 Å². The summed E-state index contributed by atoms with van der Waals surface area (Å²) in [5.74, 6) is 0.334. The molecule has 0 bridgehead atoms. The molecule has 1 N–H and O–H groups in total. The van der Waals surface area contributed by atoms with E-state index in [1.165, 1.54) is 5.56 Å². The van der Waals surface area contributed by atoms with E-state index < -0.39 is 0 Å². The third kappa shape index (κ3) is 3.12. The fourth-order valence-corrected chi connectivity index (χ4v) is 2.72. The van der Waals surface area contributed by atoms with Crippen molar-refractivity contribution in [3.05, 3.63) is 52.3 Å². The molecule has 0 fully saturated rings. The van der Waals surface area contributed by atoms with Crippen LogP contribution >= 0.6 is 15.9 Å². The monoisotopic (exact) mass is 334 g/mol. The highest BCUT2D eigenvalue weighted by atomic mass is 79.9. The van der Waals surface area contributed by atoms with Crippen molar-refractivity contribution >= 4 is 27.5 Å². The first-order valence-electron chi connectivity index (χ1n) is 6.75. The van der Waals surface area contributed by atoms with Gasteiger partial charge in [-0.05, 0) is 46.0 Å². The molecular formula is C16H19BrN2O. The third-order valence-corrected chi connectivity index (χ3v) is 3.99. The molecule has 1 unspecified atom stereocenters. The summed E-state index contributed by atoms with van der Waals surface area (Å²) in [4.78, 5) is 12.4. The van der Waals surface area contributed by atoms with E-state index in [1.807, 2.05) is 42.1 Å². The van der Waals surface area contributed by atoms with Gasteiger partial charge in [0.05, 0.1) is 0 Å². The Labute approximate surface area is 128 Å². The number of hydrogen-bond donors (Lipinski definition) is 1. The highest BCUT2D eigenvalue weighted by Crippen LogP contribution is 2.27. The van der Waals surface area contributed by atoms with Crippen LogP contribution in [0.4, 0.5) is 5.69 Å². The molecule has 0 aliphatic rings. The van der Waals surface area contributed by atoms with Crippen molar-refractivity contribution in [1.82, 2.24) is 4.57 Å². The van der Waals surface area contributed by atoms with E-state index in [0.717, 1.165) is 16.6 Å². The Morgan fingerprint density at radius 2 is 2.10 bits per heavy atom. The molecule has 3 nitrogen and oxygen atoms in total. The van der Waals surface area contributed by atoms with Gasteiger partial charge in [0.2, 0.25) is 0 Å². The normalized spacial score (nSPS) is 12.2. The van der Waals surface area contributed by atoms with Crippen molar-refractivity contribution in [2.45, 2.75) is 26.2 Å². The number of para-hydroxylation sites is 1. The lowest BCUT2D eigenvalue weighted by Gasteiger charge is -2.15. The first-order valence-corrected chi connectivity index (χ1v) is 7.54. The molecule has 1 heterocycles. The zero-order chi connectivity index (χ0) is 14.7. The van der Waals surface area contributed by atoms with E-state index in [-0.39, 0.29) is 5.91 Å². The lowest BCUT2D eigenvalue weighted by Crippen LogP contribution is -2.16. The second-order valence-electron chi connectivity index (χ2n) is 5.01. The average molecular weight is 335 g/mol. The smallest absolute Gasteiger partial charge is 0.272 e. The van der Waals surface area contributed by atoms with Crippen molar-refractivity contribution in [1.29, 1.82) is 0 Å². The van der Waals surface area contributed by atoms with Gasteiger partial charge in [-0.1, -0.05) is 32.0 Å². The summed E-state index contributed by atoms with van der Waals surface area (Å²) < 4.78 is 2.71. The van der Waals surface area contributed by atoms with Crippen LogP contribution in [0.15, 0.2) is 41.0 Å². The number of carbonyl (C=O) groups is 1. The molecule has 0 spiro atoms. The van der Waals surface area contributed by atoms with Gasteiger partial charge in [0, 0.05) is 23.4 Å². The summed E-state index contributed by atoms with van der Waals surface area (Å²) in [7, 11) is 1.86. The number of nitrogens with one attached hydrogen (secondary N) is 1. The zero-order valence-electron chi connectivity index (χ0n) is 12.0. The molecule has 0 radical (unpaired) electrons. The van der Waals surface area contributed by atoms with Crippen molar-refractivity contribution in [3.63, 3.8) is 0 Å². The Bertz CT molecular complexity index is 619. The maximum atomic E-state index is 12.4. The zero-order valence-corrected chi connectivity index (χ0v) is 13.6. The number of amides is 1. The minimum atomic E-state index is -0.0889. The number of benzene rings is 1. The van der Waals surface area contributed by atoms with Crippen LogP contribution in [-0.4, -0.2) is 10.5 Å². The quantitative estimate of drug-likeness (QED) is 0.874. The summed E-state index contributed by atoms with van der Waals surface area (Å²) in [5, 5.41) is 3.02. The molecule has 1 aromatic heterocycles. The lowest BCUT2D eigenvalue weighted by atomic mass is 9.97. The SMILES string of the molecule is CCC(C)c1ccccc1NC(=O)c1cc(Br)cn1C. The molecule has 2 rings (SSSR count). The Kier molecular flexibility index (Phi) is 4.65. The predicted molar refractivity (Wildman–Crippen MR) is 86.2 cm³/mol. The molecule has 20 heavy (non-hydrogen) atoms. The Balaban J connectivity index is 2.26. The highest BCUT2D eigenvalue weighted by molar-refractivity contribution is 9.10. The molecule has 106 valence electrons. The first-order chi connectivity index (χ1) is 9.52. The number of nitrogens with zero attached hydrogens (tertiary/aromatic N) is 1. The van der Waals surface area contributed by atoms with Gasteiger partial charge in [-0.3, -0.25) is 4.79 Å². The van der Waals surface area contributed by atoms with Crippen molar-refractivity contribution in [3.8, 4) is 0 Å². The molecule has 0 saturated heterocycles.